The first-order valence-electron chi connectivity index (χ1n) is 9.51. The van der Waals surface area contributed by atoms with Crippen LogP contribution in [0.5, 0.6) is 5.75 Å². The van der Waals surface area contributed by atoms with Gasteiger partial charge in [-0.1, -0.05) is 17.2 Å². The molecule has 164 valence electrons. The number of methoxy groups -OCH3 is 1. The van der Waals surface area contributed by atoms with Crippen molar-refractivity contribution in [3.63, 3.8) is 0 Å². The van der Waals surface area contributed by atoms with E-state index in [2.05, 4.69) is 30.8 Å². The number of hydrogen-bond donors (Lipinski definition) is 3. The molecule has 0 spiro atoms. The van der Waals surface area contributed by atoms with Crippen LogP contribution >= 0.6 is 0 Å². The highest BCUT2D eigenvalue weighted by atomic mass is 19.1. The molecule has 0 aliphatic carbocycles. The Morgan fingerprint density at radius 3 is 2.72 bits per heavy atom. The summed E-state index contributed by atoms with van der Waals surface area (Å²) in [5, 5.41) is 15.6. The molecule has 2 aromatic heterocycles. The lowest BCUT2D eigenvalue weighted by molar-refractivity contribution is 0.386. The number of nitrogens with two attached hydrogens (primary N) is 2. The molecule has 5 N–H and O–H groups in total. The van der Waals surface area contributed by atoms with Crippen molar-refractivity contribution in [2.45, 2.75) is 6.54 Å². The van der Waals surface area contributed by atoms with Crippen LogP contribution < -0.4 is 26.6 Å². The molecule has 0 bridgehead atoms. The van der Waals surface area contributed by atoms with E-state index in [1.165, 1.54) is 22.9 Å². The Balaban J connectivity index is 1.52. The Kier molecular flexibility index (Phi) is 5.77. The predicted molar refractivity (Wildman–Crippen MR) is 117 cm³/mol. The minimum Gasteiger partial charge on any atom is -0.494 e. The van der Waals surface area contributed by atoms with Crippen molar-refractivity contribution in [3.8, 4) is 17.0 Å². The molecule has 0 aliphatic heterocycles. The van der Waals surface area contributed by atoms with E-state index in [4.69, 9.17) is 16.3 Å². The maximum atomic E-state index is 14.0. The van der Waals surface area contributed by atoms with Crippen molar-refractivity contribution in [2.75, 3.05) is 23.2 Å². The third-order valence-electron chi connectivity index (χ3n) is 4.70. The van der Waals surface area contributed by atoms with Gasteiger partial charge in [0.05, 0.1) is 30.7 Å². The van der Waals surface area contributed by atoms with Gasteiger partial charge in [0, 0.05) is 18.8 Å². The van der Waals surface area contributed by atoms with E-state index in [0.29, 0.717) is 34.5 Å². The zero-order valence-corrected chi connectivity index (χ0v) is 17.4. The van der Waals surface area contributed by atoms with Gasteiger partial charge in [0.2, 0.25) is 11.9 Å². The molecule has 4 aromatic rings. The monoisotopic (exact) mass is 436 g/mol. The third kappa shape index (κ3) is 4.39. The number of benzene rings is 2. The van der Waals surface area contributed by atoms with Gasteiger partial charge in [0.1, 0.15) is 0 Å². The average Bonchev–Trinajstić information content (AvgIpc) is 3.18. The number of rotatable bonds is 7. The molecule has 0 amide bonds. The van der Waals surface area contributed by atoms with Crippen LogP contribution in [-0.4, -0.2) is 37.3 Å². The van der Waals surface area contributed by atoms with E-state index in [9.17, 15) is 4.39 Å². The Hall–Kier alpha value is -4.32. The zero-order valence-electron chi connectivity index (χ0n) is 17.4. The van der Waals surface area contributed by atoms with Crippen LogP contribution in [0.2, 0.25) is 0 Å². The number of tetrazole rings is 1. The number of aryl methyl sites for hydroxylation is 1. The van der Waals surface area contributed by atoms with Gasteiger partial charge >= 0.3 is 0 Å². The van der Waals surface area contributed by atoms with Crippen molar-refractivity contribution >= 4 is 23.3 Å². The molecule has 0 atom stereocenters. The largest absolute Gasteiger partial charge is 0.494 e. The molecule has 12 heteroatoms. The number of nitrogen functional groups attached to an aromatic ring is 1. The number of ether oxygens (including phenoxy) is 1. The van der Waals surface area contributed by atoms with Crippen LogP contribution in [-0.2, 0) is 13.6 Å². The summed E-state index contributed by atoms with van der Waals surface area (Å²) in [6.07, 6.45) is 1.62. The van der Waals surface area contributed by atoms with Crippen molar-refractivity contribution in [1.29, 1.82) is 0 Å². The molecule has 11 nitrogen and oxygen atoms in total. The van der Waals surface area contributed by atoms with E-state index < -0.39 is 5.82 Å². The second kappa shape index (κ2) is 8.81. The Morgan fingerprint density at radius 2 is 2.03 bits per heavy atom. The normalized spacial score (nSPS) is 10.8. The van der Waals surface area contributed by atoms with Gasteiger partial charge < -0.3 is 15.5 Å². The second-order valence-corrected chi connectivity index (χ2v) is 6.89. The molecular formula is C20H21FN10O. The first-order chi connectivity index (χ1) is 15.4. The van der Waals surface area contributed by atoms with Gasteiger partial charge in [-0.25, -0.2) is 24.9 Å². The molecule has 4 rings (SSSR count). The Bertz CT molecular complexity index is 1240. The summed E-state index contributed by atoms with van der Waals surface area (Å²) >= 11 is 0. The number of nitrogens with zero attached hydrogens (tertiary/aromatic N) is 7. The summed E-state index contributed by atoms with van der Waals surface area (Å²) in [7, 11) is 3.11. The average molecular weight is 436 g/mol. The number of hydrazine groups is 1. The lowest BCUT2D eigenvalue weighted by Crippen LogP contribution is -2.30. The summed E-state index contributed by atoms with van der Waals surface area (Å²) in [6.45, 7) is 0.262. The summed E-state index contributed by atoms with van der Waals surface area (Å²) in [5.74, 6) is 6.66. The molecule has 0 saturated carbocycles. The fraction of sp³-hybridized carbons (Fsp3) is 0.150. The van der Waals surface area contributed by atoms with E-state index in [1.807, 2.05) is 6.07 Å². The maximum Gasteiger partial charge on any atom is 0.249 e. The smallest absolute Gasteiger partial charge is 0.249 e. The lowest BCUT2D eigenvalue weighted by Gasteiger charge is -2.21. The Labute approximate surface area is 182 Å². The highest BCUT2D eigenvalue weighted by Gasteiger charge is 2.12. The first kappa shape index (κ1) is 20.9. The minimum atomic E-state index is -0.452. The predicted octanol–water partition coefficient (Wildman–Crippen LogP) is 2.02. The topological polar surface area (TPSA) is 146 Å². The first-order valence-corrected chi connectivity index (χ1v) is 9.51. The lowest BCUT2D eigenvalue weighted by atomic mass is 10.1. The van der Waals surface area contributed by atoms with Crippen molar-refractivity contribution in [2.24, 2.45) is 12.9 Å². The third-order valence-corrected chi connectivity index (χ3v) is 4.70. The number of nitrogens with one attached hydrogen (secondary N) is 1. The summed E-state index contributed by atoms with van der Waals surface area (Å²) in [6, 6.07) is 11.8. The summed E-state index contributed by atoms with van der Waals surface area (Å²) in [4.78, 5) is 8.67. The maximum absolute atomic E-state index is 14.0. The van der Waals surface area contributed by atoms with Crippen LogP contribution in [0, 0.1) is 5.82 Å². The number of aromatic nitrogens is 6. The van der Waals surface area contributed by atoms with E-state index in [0.717, 1.165) is 5.56 Å². The fourth-order valence-corrected chi connectivity index (χ4v) is 3.08. The standard InChI is InChI=1S/C20H21FN10O/c1-30-20(27-28-29-30)26-19-24-8-7-16(25-19)13-4-5-17(15(22)10-13)31(23)11-12-3-6-18(32-2)14(21)9-12/h3-10H,11,22-23H2,1-2H3,(H,24,25,26,27,29). The molecule has 0 fully saturated rings. The van der Waals surface area contributed by atoms with Crippen LogP contribution in [0.15, 0.2) is 48.7 Å². The van der Waals surface area contributed by atoms with E-state index in [1.54, 1.807) is 43.6 Å². The summed E-state index contributed by atoms with van der Waals surface area (Å²) in [5.41, 5.74) is 9.40. The number of anilines is 4. The van der Waals surface area contributed by atoms with Gasteiger partial charge in [-0.15, -0.1) is 0 Å². The van der Waals surface area contributed by atoms with Crippen LogP contribution in [0.4, 0.5) is 27.7 Å². The number of hydrogen-bond acceptors (Lipinski definition) is 10. The highest BCUT2D eigenvalue weighted by Crippen LogP contribution is 2.29. The minimum absolute atomic E-state index is 0.176. The quantitative estimate of drug-likeness (QED) is 0.223. The van der Waals surface area contributed by atoms with Crippen molar-refractivity contribution in [1.82, 2.24) is 30.2 Å². The molecule has 2 heterocycles. The zero-order chi connectivity index (χ0) is 22.7. The van der Waals surface area contributed by atoms with Gasteiger partial charge in [-0.2, -0.15) is 0 Å². The second-order valence-electron chi connectivity index (χ2n) is 6.89. The van der Waals surface area contributed by atoms with Crippen LogP contribution in [0.25, 0.3) is 11.3 Å². The van der Waals surface area contributed by atoms with Gasteiger partial charge in [0.15, 0.2) is 11.6 Å². The van der Waals surface area contributed by atoms with E-state index in [-0.39, 0.29) is 12.3 Å². The molecule has 2 aromatic carbocycles. The molecule has 0 saturated heterocycles. The van der Waals surface area contributed by atoms with Gasteiger partial charge in [-0.05, 0) is 46.3 Å². The summed E-state index contributed by atoms with van der Waals surface area (Å²) < 4.78 is 20.4. The SMILES string of the molecule is COc1ccc(CN(N)c2ccc(-c3ccnc(Nc4nnnn4C)n3)cc2N)cc1F. The molecule has 32 heavy (non-hydrogen) atoms. The van der Waals surface area contributed by atoms with Crippen molar-refractivity contribution in [3.05, 3.63) is 60.0 Å². The molecule has 0 radical (unpaired) electrons. The molecule has 0 unspecified atom stereocenters. The van der Waals surface area contributed by atoms with Crippen molar-refractivity contribution < 1.29 is 9.13 Å². The van der Waals surface area contributed by atoms with E-state index >= 15 is 0 Å². The molecular weight excluding hydrogens is 415 g/mol. The molecule has 0 aliphatic rings. The number of halogens is 1. The fourth-order valence-electron chi connectivity index (χ4n) is 3.08. The van der Waals surface area contributed by atoms with Crippen LogP contribution in [0.3, 0.4) is 0 Å². The van der Waals surface area contributed by atoms with Crippen LogP contribution in [0.1, 0.15) is 5.56 Å². The van der Waals surface area contributed by atoms with Gasteiger partial charge in [0.25, 0.3) is 0 Å². The van der Waals surface area contributed by atoms with Gasteiger partial charge in [-0.3, -0.25) is 5.32 Å². The Morgan fingerprint density at radius 1 is 1.19 bits per heavy atom. The highest BCUT2D eigenvalue weighted by molar-refractivity contribution is 5.75.